The van der Waals surface area contributed by atoms with Gasteiger partial charge in [-0.15, -0.1) is 0 Å². The van der Waals surface area contributed by atoms with Crippen molar-refractivity contribution in [3.8, 4) is 11.4 Å². The molecule has 0 radical (unpaired) electrons. The SMILES string of the molecule is Cc1[nH]c2ccccc2c1-c1noc(CCN[C@H]2CC[C@H](C)CC2)n1. The Morgan fingerprint density at radius 1 is 1.20 bits per heavy atom. The molecule has 0 aliphatic heterocycles. The van der Waals surface area contributed by atoms with Crippen LogP contribution in [0.5, 0.6) is 0 Å². The van der Waals surface area contributed by atoms with Crippen molar-refractivity contribution in [2.24, 2.45) is 5.92 Å². The zero-order chi connectivity index (χ0) is 17.2. The van der Waals surface area contributed by atoms with Crippen molar-refractivity contribution in [3.63, 3.8) is 0 Å². The molecule has 1 saturated carbocycles. The average Bonchev–Trinajstić information content (AvgIpc) is 3.19. The van der Waals surface area contributed by atoms with Crippen LogP contribution in [0, 0.1) is 12.8 Å². The number of hydrogen-bond acceptors (Lipinski definition) is 4. The summed E-state index contributed by atoms with van der Waals surface area (Å²) in [6.07, 6.45) is 6.01. The predicted molar refractivity (Wildman–Crippen MR) is 99.5 cm³/mol. The predicted octanol–water partition coefficient (Wildman–Crippen LogP) is 4.24. The number of fused-ring (bicyclic) bond motifs is 1. The summed E-state index contributed by atoms with van der Waals surface area (Å²) in [6.45, 7) is 5.30. The van der Waals surface area contributed by atoms with Gasteiger partial charge in [-0.3, -0.25) is 0 Å². The maximum atomic E-state index is 5.48. The molecule has 5 heteroatoms. The molecule has 5 nitrogen and oxygen atoms in total. The molecule has 2 aromatic heterocycles. The summed E-state index contributed by atoms with van der Waals surface area (Å²) in [4.78, 5) is 8.01. The summed E-state index contributed by atoms with van der Waals surface area (Å²) in [6, 6.07) is 8.88. The van der Waals surface area contributed by atoms with Crippen molar-refractivity contribution in [2.75, 3.05) is 6.54 Å². The van der Waals surface area contributed by atoms with Crippen LogP contribution >= 0.6 is 0 Å². The Balaban J connectivity index is 1.41. The van der Waals surface area contributed by atoms with Gasteiger partial charge in [0.2, 0.25) is 11.7 Å². The van der Waals surface area contributed by atoms with Crippen LogP contribution in [0.2, 0.25) is 0 Å². The Labute approximate surface area is 148 Å². The third kappa shape index (κ3) is 3.47. The Morgan fingerprint density at radius 3 is 2.84 bits per heavy atom. The Bertz CT molecular complexity index is 842. The third-order valence-corrected chi connectivity index (χ3v) is 5.37. The van der Waals surface area contributed by atoms with Gasteiger partial charge < -0.3 is 14.8 Å². The molecule has 1 fully saturated rings. The molecular formula is C20H26N4O. The van der Waals surface area contributed by atoms with E-state index in [1.54, 1.807) is 0 Å². The lowest BCUT2D eigenvalue weighted by atomic mass is 9.87. The number of para-hydroxylation sites is 1. The Kier molecular flexibility index (Phi) is 4.57. The largest absolute Gasteiger partial charge is 0.358 e. The second-order valence-electron chi connectivity index (χ2n) is 7.34. The van der Waals surface area contributed by atoms with Crippen molar-refractivity contribution in [2.45, 2.75) is 52.0 Å². The number of rotatable bonds is 5. The average molecular weight is 338 g/mol. The number of aromatic nitrogens is 3. The minimum Gasteiger partial charge on any atom is -0.358 e. The molecule has 0 spiro atoms. The van der Waals surface area contributed by atoms with Crippen LogP contribution in [0.15, 0.2) is 28.8 Å². The van der Waals surface area contributed by atoms with E-state index in [0.29, 0.717) is 17.8 Å². The highest BCUT2D eigenvalue weighted by Crippen LogP contribution is 2.30. The zero-order valence-corrected chi connectivity index (χ0v) is 15.0. The number of nitrogens with zero attached hydrogens (tertiary/aromatic N) is 2. The van der Waals surface area contributed by atoms with E-state index in [2.05, 4.69) is 46.4 Å². The van der Waals surface area contributed by atoms with Gasteiger partial charge in [0.1, 0.15) is 0 Å². The number of hydrogen-bond donors (Lipinski definition) is 2. The van der Waals surface area contributed by atoms with Crippen molar-refractivity contribution in [1.82, 2.24) is 20.4 Å². The van der Waals surface area contributed by atoms with E-state index in [-0.39, 0.29) is 0 Å². The van der Waals surface area contributed by atoms with E-state index in [0.717, 1.165) is 41.0 Å². The van der Waals surface area contributed by atoms with E-state index in [4.69, 9.17) is 4.52 Å². The van der Waals surface area contributed by atoms with E-state index in [1.165, 1.54) is 25.7 Å². The van der Waals surface area contributed by atoms with Crippen LogP contribution in [0.1, 0.15) is 44.2 Å². The fraction of sp³-hybridized carbons (Fsp3) is 0.500. The van der Waals surface area contributed by atoms with Crippen molar-refractivity contribution in [1.29, 1.82) is 0 Å². The molecule has 2 N–H and O–H groups in total. The fourth-order valence-corrected chi connectivity index (χ4v) is 3.87. The van der Waals surface area contributed by atoms with Gasteiger partial charge in [-0.2, -0.15) is 4.98 Å². The summed E-state index contributed by atoms with van der Waals surface area (Å²) in [5, 5.41) is 8.99. The second-order valence-corrected chi connectivity index (χ2v) is 7.34. The second kappa shape index (κ2) is 7.00. The van der Waals surface area contributed by atoms with Crippen LogP contribution in [0.4, 0.5) is 0 Å². The first kappa shape index (κ1) is 16.3. The monoisotopic (exact) mass is 338 g/mol. The first-order chi connectivity index (χ1) is 12.2. The van der Waals surface area contributed by atoms with E-state index in [9.17, 15) is 0 Å². The highest BCUT2D eigenvalue weighted by molar-refractivity contribution is 5.95. The number of aromatic amines is 1. The molecule has 0 bridgehead atoms. The topological polar surface area (TPSA) is 66.7 Å². The molecule has 2 heterocycles. The van der Waals surface area contributed by atoms with E-state index in [1.807, 2.05) is 12.1 Å². The minimum atomic E-state index is 0.648. The van der Waals surface area contributed by atoms with Gasteiger partial charge >= 0.3 is 0 Å². The lowest BCUT2D eigenvalue weighted by Gasteiger charge is -2.26. The van der Waals surface area contributed by atoms with Crippen molar-refractivity contribution < 1.29 is 4.52 Å². The van der Waals surface area contributed by atoms with Crippen LogP contribution in [-0.4, -0.2) is 27.7 Å². The molecule has 132 valence electrons. The normalized spacial score (nSPS) is 21.0. The number of aryl methyl sites for hydroxylation is 1. The van der Waals surface area contributed by atoms with Gasteiger partial charge in [-0.25, -0.2) is 0 Å². The van der Waals surface area contributed by atoms with E-state index >= 15 is 0 Å². The molecule has 4 rings (SSSR count). The summed E-state index contributed by atoms with van der Waals surface area (Å²) in [5.41, 5.74) is 3.22. The molecular weight excluding hydrogens is 312 g/mol. The van der Waals surface area contributed by atoms with Crippen molar-refractivity contribution >= 4 is 10.9 Å². The number of benzene rings is 1. The van der Waals surface area contributed by atoms with Gasteiger partial charge in [0, 0.05) is 35.6 Å². The van der Waals surface area contributed by atoms with Crippen LogP contribution in [-0.2, 0) is 6.42 Å². The molecule has 1 aromatic carbocycles. The lowest BCUT2D eigenvalue weighted by molar-refractivity contribution is 0.303. The van der Waals surface area contributed by atoms with Gasteiger partial charge in [-0.1, -0.05) is 30.3 Å². The molecule has 1 aliphatic rings. The van der Waals surface area contributed by atoms with Crippen LogP contribution in [0.3, 0.4) is 0 Å². The van der Waals surface area contributed by atoms with Crippen LogP contribution < -0.4 is 5.32 Å². The summed E-state index contributed by atoms with van der Waals surface area (Å²) in [7, 11) is 0. The molecule has 0 amide bonds. The standard InChI is InChI=1S/C20H26N4O/c1-13-7-9-15(10-8-13)21-12-11-18-23-20(24-25-18)19-14(2)22-17-6-4-3-5-16(17)19/h3-6,13,15,21-22H,7-12H2,1-2H3/t13-,15-. The summed E-state index contributed by atoms with van der Waals surface area (Å²) < 4.78 is 5.48. The third-order valence-electron chi connectivity index (χ3n) is 5.37. The first-order valence-corrected chi connectivity index (χ1v) is 9.34. The van der Waals surface area contributed by atoms with Gasteiger partial charge in [0.15, 0.2) is 0 Å². The van der Waals surface area contributed by atoms with Crippen LogP contribution in [0.25, 0.3) is 22.3 Å². The fourth-order valence-electron chi connectivity index (χ4n) is 3.87. The smallest absolute Gasteiger partial charge is 0.228 e. The van der Waals surface area contributed by atoms with Crippen molar-refractivity contribution in [3.05, 3.63) is 35.9 Å². The maximum Gasteiger partial charge on any atom is 0.228 e. The minimum absolute atomic E-state index is 0.648. The molecule has 3 aromatic rings. The molecule has 0 saturated heterocycles. The maximum absolute atomic E-state index is 5.48. The van der Waals surface area contributed by atoms with Gasteiger partial charge in [0.25, 0.3) is 0 Å². The lowest BCUT2D eigenvalue weighted by Crippen LogP contribution is -2.34. The number of H-pyrrole nitrogens is 1. The molecule has 25 heavy (non-hydrogen) atoms. The van der Waals surface area contributed by atoms with E-state index < -0.39 is 0 Å². The molecule has 0 unspecified atom stereocenters. The molecule has 1 aliphatic carbocycles. The summed E-state index contributed by atoms with van der Waals surface area (Å²) in [5.74, 6) is 2.27. The van der Waals surface area contributed by atoms with Gasteiger partial charge in [-0.05, 0) is 44.6 Å². The first-order valence-electron chi connectivity index (χ1n) is 9.34. The quantitative estimate of drug-likeness (QED) is 0.730. The molecule has 0 atom stereocenters. The summed E-state index contributed by atoms with van der Waals surface area (Å²) >= 11 is 0. The number of nitrogens with one attached hydrogen (secondary N) is 2. The Morgan fingerprint density at radius 2 is 2.00 bits per heavy atom. The zero-order valence-electron chi connectivity index (χ0n) is 15.0. The van der Waals surface area contributed by atoms with Gasteiger partial charge in [0.05, 0.1) is 5.56 Å². The highest BCUT2D eigenvalue weighted by atomic mass is 16.5. The highest BCUT2D eigenvalue weighted by Gasteiger charge is 2.19. The Hall–Kier alpha value is -2.14.